The first-order valence-electron chi connectivity index (χ1n) is 18.3. The molecule has 246 valence electrons. The lowest BCUT2D eigenvalue weighted by Gasteiger charge is -2.19. The fraction of sp³-hybridized carbons (Fsp3) is 0. The number of furan rings is 1. The van der Waals surface area contributed by atoms with Gasteiger partial charge in [0.15, 0.2) is 0 Å². The van der Waals surface area contributed by atoms with Gasteiger partial charge in [0, 0.05) is 10.8 Å². The fourth-order valence-electron chi connectivity index (χ4n) is 8.65. The van der Waals surface area contributed by atoms with E-state index in [1.807, 2.05) is 12.1 Å². The molecule has 0 radical (unpaired) electrons. The molecule has 11 rings (SSSR count). The molecule has 0 saturated carbocycles. The molecule has 0 unspecified atom stereocenters. The van der Waals surface area contributed by atoms with Crippen molar-refractivity contribution in [2.75, 3.05) is 0 Å². The molecule has 0 saturated heterocycles. The first-order chi connectivity index (χ1) is 26.3. The summed E-state index contributed by atoms with van der Waals surface area (Å²) in [5, 5.41) is 12.4. The van der Waals surface area contributed by atoms with E-state index >= 15 is 0 Å². The molecule has 1 nitrogen and oxygen atoms in total. The normalized spacial score (nSPS) is 11.8. The molecule has 1 heteroatoms. The average molecular weight is 673 g/mol. The van der Waals surface area contributed by atoms with Gasteiger partial charge in [0.1, 0.15) is 11.2 Å². The molecule has 0 bridgehead atoms. The Kier molecular flexibility index (Phi) is 6.62. The summed E-state index contributed by atoms with van der Waals surface area (Å²) in [5.74, 6) is 0. The fourth-order valence-corrected chi connectivity index (χ4v) is 8.65. The molecule has 0 fully saturated rings. The van der Waals surface area contributed by atoms with E-state index in [-0.39, 0.29) is 0 Å². The lowest BCUT2D eigenvalue weighted by Crippen LogP contribution is -1.92. The Hall–Kier alpha value is -6.96. The largest absolute Gasteiger partial charge is 0.456 e. The standard InChI is InChI=1S/C52H32O/c1-2-18-39-36(13-1)32-47(41-20-4-3-19-40(39)41)35-15-12-17-38(30-35)52-45-24-7-5-22-43(45)51(44-23-6-8-25-46(44)52)37-16-11-14-33(29-37)34-27-28-50-48(31-34)42-21-9-10-26-49(42)53-50/h1-32H. The second-order valence-electron chi connectivity index (χ2n) is 14.0. The third kappa shape index (κ3) is 4.71. The van der Waals surface area contributed by atoms with Crippen LogP contribution in [-0.4, -0.2) is 0 Å². The summed E-state index contributed by atoms with van der Waals surface area (Å²) in [5.41, 5.74) is 11.6. The lowest BCUT2D eigenvalue weighted by molar-refractivity contribution is 0.669. The van der Waals surface area contributed by atoms with Crippen LogP contribution in [-0.2, 0) is 0 Å². The van der Waals surface area contributed by atoms with Gasteiger partial charge in [-0.05, 0) is 124 Å². The summed E-state index contributed by atoms with van der Waals surface area (Å²) in [6.07, 6.45) is 0. The highest BCUT2D eigenvalue weighted by atomic mass is 16.3. The number of fused-ring (bicyclic) bond motifs is 8. The summed E-state index contributed by atoms with van der Waals surface area (Å²) >= 11 is 0. The van der Waals surface area contributed by atoms with Crippen LogP contribution in [0.3, 0.4) is 0 Å². The minimum Gasteiger partial charge on any atom is -0.456 e. The number of para-hydroxylation sites is 1. The molecule has 0 N–H and O–H groups in total. The summed E-state index contributed by atoms with van der Waals surface area (Å²) in [4.78, 5) is 0. The Morgan fingerprint density at radius 3 is 1.40 bits per heavy atom. The van der Waals surface area contributed by atoms with Crippen molar-refractivity contribution in [3.05, 3.63) is 194 Å². The maximum Gasteiger partial charge on any atom is 0.135 e. The van der Waals surface area contributed by atoms with Crippen molar-refractivity contribution in [3.63, 3.8) is 0 Å². The quantitative estimate of drug-likeness (QED) is 0.134. The first kappa shape index (κ1) is 29.7. The number of rotatable bonds is 4. The van der Waals surface area contributed by atoms with Crippen molar-refractivity contribution in [2.24, 2.45) is 0 Å². The second-order valence-corrected chi connectivity index (χ2v) is 14.0. The smallest absolute Gasteiger partial charge is 0.135 e. The number of hydrogen-bond acceptors (Lipinski definition) is 1. The molecule has 1 aromatic heterocycles. The molecule has 1 heterocycles. The van der Waals surface area contributed by atoms with Crippen LogP contribution < -0.4 is 0 Å². The van der Waals surface area contributed by atoms with E-state index in [1.165, 1.54) is 87.6 Å². The van der Waals surface area contributed by atoms with Crippen LogP contribution >= 0.6 is 0 Å². The third-order valence-electron chi connectivity index (χ3n) is 11.0. The predicted molar refractivity (Wildman–Crippen MR) is 225 cm³/mol. The molecule has 0 amide bonds. The van der Waals surface area contributed by atoms with Gasteiger partial charge >= 0.3 is 0 Å². The average Bonchev–Trinajstić information content (AvgIpc) is 3.60. The summed E-state index contributed by atoms with van der Waals surface area (Å²) in [6, 6.07) is 70.7. The van der Waals surface area contributed by atoms with Gasteiger partial charge in [-0.3, -0.25) is 0 Å². The predicted octanol–water partition coefficient (Wildman–Crippen LogP) is 14.9. The van der Waals surface area contributed by atoms with Gasteiger partial charge in [-0.15, -0.1) is 0 Å². The van der Waals surface area contributed by atoms with Crippen molar-refractivity contribution in [1.29, 1.82) is 0 Å². The van der Waals surface area contributed by atoms with Crippen LogP contribution in [0.25, 0.3) is 110 Å². The van der Waals surface area contributed by atoms with Gasteiger partial charge in [0.2, 0.25) is 0 Å². The monoisotopic (exact) mass is 672 g/mol. The van der Waals surface area contributed by atoms with Crippen molar-refractivity contribution in [2.45, 2.75) is 0 Å². The van der Waals surface area contributed by atoms with Crippen molar-refractivity contribution in [3.8, 4) is 44.5 Å². The maximum absolute atomic E-state index is 6.15. The Morgan fingerprint density at radius 1 is 0.245 bits per heavy atom. The second kappa shape index (κ2) is 11.8. The van der Waals surface area contributed by atoms with Crippen molar-refractivity contribution < 1.29 is 4.42 Å². The highest BCUT2D eigenvalue weighted by Crippen LogP contribution is 2.45. The van der Waals surface area contributed by atoms with Gasteiger partial charge in [-0.25, -0.2) is 0 Å². The van der Waals surface area contributed by atoms with E-state index in [0.29, 0.717) is 0 Å². The zero-order valence-electron chi connectivity index (χ0n) is 28.9. The van der Waals surface area contributed by atoms with E-state index in [0.717, 1.165) is 21.9 Å². The molecule has 10 aromatic carbocycles. The topological polar surface area (TPSA) is 13.1 Å². The number of hydrogen-bond donors (Lipinski definition) is 0. The molecule has 0 aliphatic heterocycles. The van der Waals surface area contributed by atoms with Crippen LogP contribution in [0.15, 0.2) is 199 Å². The molecule has 0 spiro atoms. The van der Waals surface area contributed by atoms with Crippen LogP contribution in [0.4, 0.5) is 0 Å². The van der Waals surface area contributed by atoms with Crippen LogP contribution in [0.2, 0.25) is 0 Å². The SMILES string of the molecule is c1cc(-c2ccc3oc4ccccc4c3c2)cc(-c2c3ccccc3c(-c3cccc(-c4cc5ccccc5c5ccccc45)c3)c3ccccc23)c1. The summed E-state index contributed by atoms with van der Waals surface area (Å²) < 4.78 is 6.15. The zero-order valence-corrected chi connectivity index (χ0v) is 28.9. The lowest BCUT2D eigenvalue weighted by atomic mass is 9.84. The first-order valence-corrected chi connectivity index (χ1v) is 18.3. The Balaban J connectivity index is 1.11. The maximum atomic E-state index is 6.15. The van der Waals surface area contributed by atoms with Gasteiger partial charge in [0.05, 0.1) is 0 Å². The van der Waals surface area contributed by atoms with E-state index in [9.17, 15) is 0 Å². The third-order valence-corrected chi connectivity index (χ3v) is 11.0. The molecule has 0 aliphatic carbocycles. The summed E-state index contributed by atoms with van der Waals surface area (Å²) in [7, 11) is 0. The minimum absolute atomic E-state index is 0.913. The van der Waals surface area contributed by atoms with Gasteiger partial charge in [-0.1, -0.05) is 158 Å². The molecular weight excluding hydrogens is 641 g/mol. The minimum atomic E-state index is 0.913. The zero-order chi connectivity index (χ0) is 34.9. The highest BCUT2D eigenvalue weighted by molar-refractivity contribution is 6.22. The van der Waals surface area contributed by atoms with Crippen molar-refractivity contribution >= 4 is 65.0 Å². The van der Waals surface area contributed by atoms with Crippen LogP contribution in [0.5, 0.6) is 0 Å². The molecular formula is C52H32O. The van der Waals surface area contributed by atoms with E-state index < -0.39 is 0 Å². The van der Waals surface area contributed by atoms with E-state index in [1.54, 1.807) is 0 Å². The van der Waals surface area contributed by atoms with Crippen molar-refractivity contribution in [1.82, 2.24) is 0 Å². The Bertz CT molecular complexity index is 3180. The Morgan fingerprint density at radius 2 is 0.717 bits per heavy atom. The highest BCUT2D eigenvalue weighted by Gasteiger charge is 2.18. The summed E-state index contributed by atoms with van der Waals surface area (Å²) in [6.45, 7) is 0. The van der Waals surface area contributed by atoms with E-state index in [4.69, 9.17) is 4.42 Å². The van der Waals surface area contributed by atoms with Crippen LogP contribution in [0.1, 0.15) is 0 Å². The van der Waals surface area contributed by atoms with Crippen LogP contribution in [0, 0.1) is 0 Å². The van der Waals surface area contributed by atoms with Gasteiger partial charge in [-0.2, -0.15) is 0 Å². The Labute approximate surface area is 307 Å². The molecule has 0 atom stereocenters. The molecule has 11 aromatic rings. The van der Waals surface area contributed by atoms with Gasteiger partial charge < -0.3 is 4.42 Å². The van der Waals surface area contributed by atoms with Gasteiger partial charge in [0.25, 0.3) is 0 Å². The van der Waals surface area contributed by atoms with E-state index in [2.05, 4.69) is 182 Å². The molecule has 53 heavy (non-hydrogen) atoms. The number of benzene rings is 10. The molecule has 0 aliphatic rings.